The maximum atomic E-state index is 11.5. The van der Waals surface area contributed by atoms with Crippen LogP contribution in [0.25, 0.3) is 0 Å². The van der Waals surface area contributed by atoms with E-state index in [0.29, 0.717) is 30.6 Å². The minimum Gasteiger partial charge on any atom is -0.466 e. The van der Waals surface area contributed by atoms with Gasteiger partial charge in [0.25, 0.3) is 0 Å². The van der Waals surface area contributed by atoms with Crippen LogP contribution in [0, 0.1) is 0 Å². The molecule has 0 fully saturated rings. The number of hydrogen-bond donors (Lipinski definition) is 1. The molecule has 0 spiro atoms. The Balaban J connectivity index is 1.89. The zero-order valence-corrected chi connectivity index (χ0v) is 16.6. The molecule has 7 nitrogen and oxygen atoms in total. The van der Waals surface area contributed by atoms with Crippen molar-refractivity contribution in [2.45, 2.75) is 33.5 Å². The molecule has 0 bridgehead atoms. The highest BCUT2D eigenvalue weighted by molar-refractivity contribution is 7.13. The van der Waals surface area contributed by atoms with E-state index in [2.05, 4.69) is 15.5 Å². The van der Waals surface area contributed by atoms with Gasteiger partial charge in [0.15, 0.2) is 6.29 Å². The van der Waals surface area contributed by atoms with E-state index in [1.807, 2.05) is 43.5 Å². The lowest BCUT2D eigenvalue weighted by molar-refractivity contribution is -0.142. The lowest BCUT2D eigenvalue weighted by Crippen LogP contribution is -2.08. The van der Waals surface area contributed by atoms with Crippen LogP contribution in [0.15, 0.2) is 34.7 Å². The standard InChI is InChI=1S/C19H25N3O4S/c1-4-24-17(23)11-16-13-27-19(21-16)22-20-12-14-7-9-15(10-8-14)18(25-5-2)26-6-3/h7-10,12-13,18H,4-6,11H2,1-3H3,(H,21,22). The van der Waals surface area contributed by atoms with Crippen LogP contribution in [-0.2, 0) is 25.4 Å². The van der Waals surface area contributed by atoms with Gasteiger partial charge in [0.1, 0.15) is 0 Å². The number of esters is 1. The lowest BCUT2D eigenvalue weighted by Gasteiger charge is -2.17. The van der Waals surface area contributed by atoms with Gasteiger partial charge in [-0.2, -0.15) is 5.10 Å². The fourth-order valence-corrected chi connectivity index (χ4v) is 2.90. The minimum absolute atomic E-state index is 0.165. The Kier molecular flexibility index (Phi) is 8.90. The number of benzene rings is 1. The number of aromatic nitrogens is 1. The van der Waals surface area contributed by atoms with Gasteiger partial charge < -0.3 is 14.2 Å². The number of carbonyl (C=O) groups is 1. The Bertz CT molecular complexity index is 725. The summed E-state index contributed by atoms with van der Waals surface area (Å²) in [5.41, 5.74) is 5.43. The SMILES string of the molecule is CCOC(=O)Cc1csc(NN=Cc2ccc(C(OCC)OCC)cc2)n1. The van der Waals surface area contributed by atoms with Gasteiger partial charge in [-0.25, -0.2) is 4.98 Å². The molecule has 0 radical (unpaired) electrons. The summed E-state index contributed by atoms with van der Waals surface area (Å²) in [4.78, 5) is 15.8. The second kappa shape index (κ2) is 11.4. The van der Waals surface area contributed by atoms with Gasteiger partial charge in [0.2, 0.25) is 5.13 Å². The Hall–Kier alpha value is -2.29. The van der Waals surface area contributed by atoms with Crippen LogP contribution >= 0.6 is 11.3 Å². The number of hydrazone groups is 1. The minimum atomic E-state index is -0.350. The second-order valence-corrected chi connectivity index (χ2v) is 6.26. The Morgan fingerprint density at radius 2 is 1.89 bits per heavy atom. The highest BCUT2D eigenvalue weighted by atomic mass is 32.1. The number of ether oxygens (including phenoxy) is 3. The van der Waals surface area contributed by atoms with Crippen LogP contribution in [-0.4, -0.2) is 37.0 Å². The average Bonchev–Trinajstić information content (AvgIpc) is 3.09. The van der Waals surface area contributed by atoms with E-state index in [4.69, 9.17) is 14.2 Å². The third-order valence-corrected chi connectivity index (χ3v) is 4.20. The molecule has 8 heteroatoms. The summed E-state index contributed by atoms with van der Waals surface area (Å²) < 4.78 is 16.1. The smallest absolute Gasteiger partial charge is 0.311 e. The van der Waals surface area contributed by atoms with Gasteiger partial charge in [0.05, 0.1) is 24.9 Å². The van der Waals surface area contributed by atoms with E-state index in [1.165, 1.54) is 11.3 Å². The molecular formula is C19H25N3O4S. The molecule has 0 aliphatic rings. The highest BCUT2D eigenvalue weighted by Gasteiger charge is 2.10. The summed E-state index contributed by atoms with van der Waals surface area (Å²) in [6.45, 7) is 7.20. The van der Waals surface area contributed by atoms with E-state index >= 15 is 0 Å². The molecule has 2 rings (SSSR count). The molecule has 146 valence electrons. The van der Waals surface area contributed by atoms with Crippen molar-refractivity contribution in [2.75, 3.05) is 25.2 Å². The Morgan fingerprint density at radius 3 is 2.52 bits per heavy atom. The molecule has 1 N–H and O–H groups in total. The summed E-state index contributed by atoms with van der Waals surface area (Å²) >= 11 is 1.39. The quantitative estimate of drug-likeness (QED) is 0.272. The van der Waals surface area contributed by atoms with Gasteiger partial charge >= 0.3 is 5.97 Å². The van der Waals surface area contributed by atoms with Crippen molar-refractivity contribution in [3.8, 4) is 0 Å². The maximum Gasteiger partial charge on any atom is 0.311 e. The number of anilines is 1. The van der Waals surface area contributed by atoms with Gasteiger partial charge in [-0.05, 0) is 26.3 Å². The first-order valence-corrected chi connectivity index (χ1v) is 9.76. The molecule has 0 aliphatic carbocycles. The van der Waals surface area contributed by atoms with E-state index in [1.54, 1.807) is 13.1 Å². The normalized spacial score (nSPS) is 11.3. The topological polar surface area (TPSA) is 82.0 Å². The molecule has 1 aromatic carbocycles. The van der Waals surface area contributed by atoms with Crippen molar-refractivity contribution in [3.05, 3.63) is 46.5 Å². The van der Waals surface area contributed by atoms with Crippen LogP contribution in [0.3, 0.4) is 0 Å². The van der Waals surface area contributed by atoms with Crippen molar-refractivity contribution < 1.29 is 19.0 Å². The van der Waals surface area contributed by atoms with Crippen LogP contribution in [0.1, 0.15) is 43.9 Å². The first-order chi connectivity index (χ1) is 13.2. The largest absolute Gasteiger partial charge is 0.466 e. The molecule has 0 saturated heterocycles. The van der Waals surface area contributed by atoms with Crippen molar-refractivity contribution in [1.29, 1.82) is 0 Å². The maximum absolute atomic E-state index is 11.5. The van der Waals surface area contributed by atoms with Crippen LogP contribution < -0.4 is 5.43 Å². The Labute approximate surface area is 163 Å². The van der Waals surface area contributed by atoms with Crippen molar-refractivity contribution in [1.82, 2.24) is 4.98 Å². The molecule has 0 atom stereocenters. The zero-order valence-electron chi connectivity index (χ0n) is 15.8. The van der Waals surface area contributed by atoms with Crippen molar-refractivity contribution in [2.24, 2.45) is 5.10 Å². The lowest BCUT2D eigenvalue weighted by atomic mass is 10.1. The first-order valence-electron chi connectivity index (χ1n) is 8.88. The van der Waals surface area contributed by atoms with Crippen molar-refractivity contribution >= 4 is 28.7 Å². The third kappa shape index (κ3) is 7.09. The van der Waals surface area contributed by atoms with Gasteiger partial charge in [-0.3, -0.25) is 10.2 Å². The van der Waals surface area contributed by atoms with E-state index < -0.39 is 0 Å². The number of rotatable bonds is 11. The zero-order chi connectivity index (χ0) is 19.5. The Morgan fingerprint density at radius 1 is 1.19 bits per heavy atom. The summed E-state index contributed by atoms with van der Waals surface area (Å²) in [5.74, 6) is -0.282. The van der Waals surface area contributed by atoms with E-state index in [-0.39, 0.29) is 18.7 Å². The summed E-state index contributed by atoms with van der Waals surface area (Å²) in [7, 11) is 0. The molecule has 0 aliphatic heterocycles. The molecule has 0 amide bonds. The number of thiazole rings is 1. The average molecular weight is 391 g/mol. The molecule has 1 heterocycles. The van der Waals surface area contributed by atoms with Crippen LogP contribution in [0.4, 0.5) is 5.13 Å². The molecule has 0 saturated carbocycles. The monoisotopic (exact) mass is 391 g/mol. The van der Waals surface area contributed by atoms with E-state index in [0.717, 1.165) is 11.1 Å². The van der Waals surface area contributed by atoms with Gasteiger partial charge in [0, 0.05) is 24.2 Å². The highest BCUT2D eigenvalue weighted by Crippen LogP contribution is 2.19. The van der Waals surface area contributed by atoms with Crippen LogP contribution in [0.2, 0.25) is 0 Å². The summed E-state index contributed by atoms with van der Waals surface area (Å²) in [5, 5.41) is 6.61. The third-order valence-electron chi connectivity index (χ3n) is 3.40. The van der Waals surface area contributed by atoms with Crippen LogP contribution in [0.5, 0.6) is 0 Å². The predicted octanol–water partition coefficient (Wildman–Crippen LogP) is 3.77. The number of carbonyl (C=O) groups excluding carboxylic acids is 1. The molecule has 2 aromatic rings. The summed E-state index contributed by atoms with van der Waals surface area (Å²) in [6.07, 6.45) is 1.52. The fraction of sp³-hybridized carbons (Fsp3) is 0.421. The number of hydrogen-bond acceptors (Lipinski definition) is 8. The molecule has 0 unspecified atom stereocenters. The molecular weight excluding hydrogens is 366 g/mol. The number of nitrogens with one attached hydrogen (secondary N) is 1. The molecule has 1 aromatic heterocycles. The van der Waals surface area contributed by atoms with Crippen molar-refractivity contribution in [3.63, 3.8) is 0 Å². The molecule has 27 heavy (non-hydrogen) atoms. The van der Waals surface area contributed by atoms with Gasteiger partial charge in [-0.1, -0.05) is 24.3 Å². The number of nitrogens with zero attached hydrogens (tertiary/aromatic N) is 2. The van der Waals surface area contributed by atoms with E-state index in [9.17, 15) is 4.79 Å². The first kappa shape index (κ1) is 21.0. The second-order valence-electron chi connectivity index (χ2n) is 5.41. The fourth-order valence-electron chi connectivity index (χ4n) is 2.24. The van der Waals surface area contributed by atoms with Gasteiger partial charge in [-0.15, -0.1) is 11.3 Å². The summed E-state index contributed by atoms with van der Waals surface area (Å²) in [6, 6.07) is 7.80. The predicted molar refractivity (Wildman–Crippen MR) is 106 cm³/mol.